The van der Waals surface area contributed by atoms with Gasteiger partial charge in [0.15, 0.2) is 5.82 Å². The lowest BCUT2D eigenvalue weighted by Crippen LogP contribution is -2.23. The predicted molar refractivity (Wildman–Crippen MR) is 128 cm³/mol. The van der Waals surface area contributed by atoms with Crippen molar-refractivity contribution in [1.29, 1.82) is 10.5 Å². The van der Waals surface area contributed by atoms with E-state index in [0.29, 0.717) is 38.3 Å². The Morgan fingerprint density at radius 1 is 1.14 bits per heavy atom. The fourth-order valence-electron chi connectivity index (χ4n) is 4.14. The van der Waals surface area contributed by atoms with Gasteiger partial charge in [-0.2, -0.15) is 15.2 Å². The summed E-state index contributed by atoms with van der Waals surface area (Å²) in [5.74, 6) is -1.97. The number of carboxylic acid groups (broad SMARTS) is 1. The number of hydrogen-bond donors (Lipinski definition) is 3. The minimum absolute atomic E-state index is 0.109. The minimum Gasteiger partial charge on any atom is -0.463 e. The summed E-state index contributed by atoms with van der Waals surface area (Å²) in [5.41, 5.74) is 2.67. The van der Waals surface area contributed by atoms with Crippen LogP contribution in [0.2, 0.25) is 0 Å². The quantitative estimate of drug-likeness (QED) is 0.469. The van der Waals surface area contributed by atoms with E-state index in [1.54, 1.807) is 19.9 Å². The summed E-state index contributed by atoms with van der Waals surface area (Å²) in [6.45, 7) is 3.42. The summed E-state index contributed by atoms with van der Waals surface area (Å²) in [7, 11) is -4.07. The van der Waals surface area contributed by atoms with Crippen LogP contribution in [-0.4, -0.2) is 29.4 Å². The Labute approximate surface area is 205 Å². The Morgan fingerprint density at radius 3 is 2.31 bits per heavy atom. The molecular weight excluding hydrogens is 487 g/mol. The van der Waals surface area contributed by atoms with Gasteiger partial charge in [-0.05, 0) is 49.2 Å². The first-order chi connectivity index (χ1) is 17.0. The highest BCUT2D eigenvalue weighted by Crippen LogP contribution is 2.39. The SMILES string of the molecule is CC1=C(C#N)C(c2ccc3c(c2)c(NS(=O)(=O)Cc2ccc(F)cc2)nn3C(=O)O)C(C#N)=C(C)N1. The summed E-state index contributed by atoms with van der Waals surface area (Å²) in [4.78, 5) is 11.8. The van der Waals surface area contributed by atoms with E-state index >= 15 is 0 Å². The van der Waals surface area contributed by atoms with Crippen molar-refractivity contribution in [1.82, 2.24) is 15.1 Å². The zero-order valence-electron chi connectivity index (χ0n) is 19.1. The molecule has 2 heterocycles. The Bertz CT molecular complexity index is 1620. The molecule has 36 heavy (non-hydrogen) atoms. The topological polar surface area (TPSA) is 161 Å². The van der Waals surface area contributed by atoms with E-state index in [4.69, 9.17) is 0 Å². The van der Waals surface area contributed by atoms with Gasteiger partial charge in [-0.1, -0.05) is 18.2 Å². The maximum atomic E-state index is 13.2. The molecule has 0 saturated carbocycles. The molecule has 10 nitrogen and oxygen atoms in total. The van der Waals surface area contributed by atoms with Gasteiger partial charge in [0.05, 0.1) is 40.5 Å². The van der Waals surface area contributed by atoms with Crippen molar-refractivity contribution < 1.29 is 22.7 Å². The van der Waals surface area contributed by atoms with E-state index in [2.05, 4.69) is 27.3 Å². The molecular formula is C24H19FN6O4S. The van der Waals surface area contributed by atoms with E-state index in [1.807, 2.05) is 0 Å². The van der Waals surface area contributed by atoms with Crippen molar-refractivity contribution in [3.63, 3.8) is 0 Å². The molecule has 1 aromatic heterocycles. The zero-order valence-corrected chi connectivity index (χ0v) is 19.9. The minimum atomic E-state index is -4.07. The van der Waals surface area contributed by atoms with Gasteiger partial charge < -0.3 is 10.4 Å². The number of dihydropyridines is 1. The third kappa shape index (κ3) is 4.50. The molecule has 2 aromatic carbocycles. The fourth-order valence-corrected chi connectivity index (χ4v) is 5.29. The van der Waals surface area contributed by atoms with E-state index < -0.39 is 33.6 Å². The Hall–Kier alpha value is -4.68. The Balaban J connectivity index is 1.83. The van der Waals surface area contributed by atoms with Gasteiger partial charge in [-0.25, -0.2) is 17.6 Å². The van der Waals surface area contributed by atoms with Crippen LogP contribution in [0.15, 0.2) is 65.0 Å². The average Bonchev–Trinajstić information content (AvgIpc) is 3.17. The monoisotopic (exact) mass is 506 g/mol. The molecule has 0 bridgehead atoms. The third-order valence-corrected chi connectivity index (χ3v) is 6.96. The lowest BCUT2D eigenvalue weighted by molar-refractivity contribution is 0.194. The molecule has 0 radical (unpaired) electrons. The molecule has 1 aliphatic rings. The smallest absolute Gasteiger partial charge is 0.432 e. The Morgan fingerprint density at radius 2 is 1.75 bits per heavy atom. The first-order valence-electron chi connectivity index (χ1n) is 10.5. The molecule has 4 rings (SSSR count). The number of nitrogens with zero attached hydrogens (tertiary/aromatic N) is 4. The van der Waals surface area contributed by atoms with Crippen LogP contribution in [0.5, 0.6) is 0 Å². The number of allylic oxidation sites excluding steroid dienone is 4. The molecule has 3 aromatic rings. The molecule has 0 spiro atoms. The largest absolute Gasteiger partial charge is 0.463 e. The zero-order chi connectivity index (χ0) is 26.2. The van der Waals surface area contributed by atoms with Crippen LogP contribution < -0.4 is 10.0 Å². The van der Waals surface area contributed by atoms with Crippen LogP contribution >= 0.6 is 0 Å². The average molecular weight is 507 g/mol. The standard InChI is InChI=1S/C24H19FN6O4S/c1-13-19(10-26)22(20(11-27)14(2)28-13)16-5-8-21-18(9-16)23(29-31(21)24(32)33)30-36(34,35)12-15-3-6-17(25)7-4-15/h3-9,22,28H,12H2,1-2H3,(H,29,30)(H,32,33). The maximum Gasteiger partial charge on any atom is 0.432 e. The number of aromatic nitrogens is 2. The lowest BCUT2D eigenvalue weighted by Gasteiger charge is -2.26. The third-order valence-electron chi connectivity index (χ3n) is 5.74. The number of anilines is 1. The molecule has 3 N–H and O–H groups in total. The van der Waals surface area contributed by atoms with Gasteiger partial charge in [0.1, 0.15) is 5.82 Å². The molecule has 0 amide bonds. The van der Waals surface area contributed by atoms with Gasteiger partial charge in [0.2, 0.25) is 10.0 Å². The van der Waals surface area contributed by atoms with E-state index in [-0.39, 0.29) is 16.7 Å². The number of carbonyl (C=O) groups is 1. The van der Waals surface area contributed by atoms with Crippen molar-refractivity contribution >= 4 is 32.8 Å². The van der Waals surface area contributed by atoms with Crippen molar-refractivity contribution in [2.24, 2.45) is 0 Å². The van der Waals surface area contributed by atoms with Crippen molar-refractivity contribution in [3.8, 4) is 12.1 Å². The molecule has 0 fully saturated rings. The van der Waals surface area contributed by atoms with Crippen LogP contribution in [0.25, 0.3) is 10.9 Å². The normalized spacial score (nSPS) is 14.4. The van der Waals surface area contributed by atoms with Crippen LogP contribution in [0.4, 0.5) is 15.0 Å². The second-order valence-electron chi connectivity index (χ2n) is 8.17. The number of fused-ring (bicyclic) bond motifs is 1. The predicted octanol–water partition coefficient (Wildman–Crippen LogP) is 3.93. The van der Waals surface area contributed by atoms with Gasteiger partial charge in [-0.15, -0.1) is 5.10 Å². The highest BCUT2D eigenvalue weighted by Gasteiger charge is 2.30. The van der Waals surface area contributed by atoms with E-state index in [0.717, 1.165) is 12.1 Å². The number of nitriles is 2. The maximum absolute atomic E-state index is 13.2. The first-order valence-corrected chi connectivity index (χ1v) is 12.2. The highest BCUT2D eigenvalue weighted by molar-refractivity contribution is 7.91. The number of hydrogen-bond acceptors (Lipinski definition) is 7. The first kappa shape index (κ1) is 24.4. The molecule has 0 saturated heterocycles. The lowest BCUT2D eigenvalue weighted by atomic mass is 9.81. The number of sulfonamides is 1. The van der Waals surface area contributed by atoms with Crippen LogP contribution in [0.1, 0.15) is 30.9 Å². The molecule has 0 atom stereocenters. The number of benzene rings is 2. The van der Waals surface area contributed by atoms with Gasteiger partial charge >= 0.3 is 6.09 Å². The van der Waals surface area contributed by atoms with Gasteiger partial charge in [0, 0.05) is 16.8 Å². The summed E-state index contributed by atoms with van der Waals surface area (Å²) in [5, 5.41) is 36.2. The summed E-state index contributed by atoms with van der Waals surface area (Å²) in [6.07, 6.45) is -1.43. The summed E-state index contributed by atoms with van der Waals surface area (Å²) < 4.78 is 41.8. The van der Waals surface area contributed by atoms with Crippen LogP contribution in [0, 0.1) is 28.5 Å². The number of halogens is 1. The van der Waals surface area contributed by atoms with Gasteiger partial charge in [0.25, 0.3) is 0 Å². The van der Waals surface area contributed by atoms with E-state index in [9.17, 15) is 33.2 Å². The molecule has 1 aliphatic heterocycles. The number of rotatable bonds is 5. The van der Waals surface area contributed by atoms with Crippen molar-refractivity contribution in [3.05, 3.63) is 81.9 Å². The van der Waals surface area contributed by atoms with Crippen LogP contribution in [-0.2, 0) is 15.8 Å². The molecule has 0 unspecified atom stereocenters. The highest BCUT2D eigenvalue weighted by atomic mass is 32.2. The van der Waals surface area contributed by atoms with Crippen molar-refractivity contribution in [2.45, 2.75) is 25.5 Å². The molecule has 182 valence electrons. The molecule has 0 aliphatic carbocycles. The van der Waals surface area contributed by atoms with Crippen LogP contribution in [0.3, 0.4) is 0 Å². The number of nitrogens with one attached hydrogen (secondary N) is 2. The summed E-state index contributed by atoms with van der Waals surface area (Å²) in [6, 6.07) is 13.7. The van der Waals surface area contributed by atoms with Crippen molar-refractivity contribution in [2.75, 3.05) is 4.72 Å². The molecule has 12 heteroatoms. The fraction of sp³-hybridized carbons (Fsp3) is 0.167. The second kappa shape index (κ2) is 9.17. The van der Waals surface area contributed by atoms with Gasteiger partial charge in [-0.3, -0.25) is 4.72 Å². The summed E-state index contributed by atoms with van der Waals surface area (Å²) >= 11 is 0. The van der Waals surface area contributed by atoms with E-state index in [1.165, 1.54) is 24.3 Å². The Kier molecular flexibility index (Phi) is 6.23. The second-order valence-corrected chi connectivity index (χ2v) is 9.89.